The van der Waals surface area contributed by atoms with Crippen molar-refractivity contribution in [1.82, 2.24) is 4.57 Å². The van der Waals surface area contributed by atoms with Gasteiger partial charge in [-0.25, -0.2) is 0 Å². The van der Waals surface area contributed by atoms with Crippen LogP contribution >= 0.6 is 0 Å². The van der Waals surface area contributed by atoms with E-state index in [0.717, 1.165) is 45.2 Å². The quantitative estimate of drug-likeness (QED) is 0.163. The van der Waals surface area contributed by atoms with Crippen molar-refractivity contribution in [2.45, 2.75) is 16.2 Å². The molecule has 0 saturated carbocycles. The van der Waals surface area contributed by atoms with Gasteiger partial charge in [-0.15, -0.1) is 0 Å². The van der Waals surface area contributed by atoms with E-state index >= 15 is 0 Å². The van der Waals surface area contributed by atoms with Crippen molar-refractivity contribution < 1.29 is 0 Å². The van der Waals surface area contributed by atoms with E-state index < -0.39 is 16.2 Å². The summed E-state index contributed by atoms with van der Waals surface area (Å²) in [4.78, 5) is 5.47. The van der Waals surface area contributed by atoms with Gasteiger partial charge < -0.3 is 14.4 Å². The second kappa shape index (κ2) is 20.8. The molecule has 6 aliphatic carbocycles. The lowest BCUT2D eigenvalue weighted by Crippen LogP contribution is -2.62. The first-order valence-corrected chi connectivity index (χ1v) is 38.4. The number of hydrogen-bond donors (Lipinski definition) is 0. The second-order valence-corrected chi connectivity index (χ2v) is 31.0. The average Bonchev–Trinajstić information content (AvgIpc) is 1.56. The van der Waals surface area contributed by atoms with Gasteiger partial charge >= 0.3 is 0 Å². The van der Waals surface area contributed by atoms with Gasteiger partial charge in [-0.2, -0.15) is 0 Å². The van der Waals surface area contributed by atoms with Crippen molar-refractivity contribution in [3.63, 3.8) is 0 Å². The maximum atomic E-state index is 2.77. The van der Waals surface area contributed by atoms with E-state index in [0.29, 0.717) is 0 Å². The molecule has 8 aliphatic rings. The molecule has 0 bridgehead atoms. The van der Waals surface area contributed by atoms with Crippen molar-refractivity contribution in [1.29, 1.82) is 0 Å². The Morgan fingerprint density at radius 3 is 1.09 bits per heavy atom. The third-order valence-electron chi connectivity index (χ3n) is 26.6. The standard InChI is InChI=1S/C105H62BN3/c1-2-27-63(28-3-1)64-53-57-94-91(59-64)106-101-97(107(94)65-54-55-88-78(60-65)73-35-10-21-46-85(73)103(88)79-40-15-4-29-67(79)68-30-5-16-41-80(68)103)61-66(108-92-50-24-13-36-74(92)75-37-14-25-51-93(75)108)62-98(101)109(95-52-26-49-89-99(95)76-38-11-22-47-86(76)104(89)81-42-17-6-31-69(81)70-32-7-18-43-82(70)104)96-58-56-90-100(102(96)106)77-39-12-23-48-87(77)105(90)83-44-19-8-33-71(83)72-34-9-20-45-84(72)105/h1-62H. The van der Waals surface area contributed by atoms with Crippen LogP contribution in [0.5, 0.6) is 0 Å². The van der Waals surface area contributed by atoms with Gasteiger partial charge in [0.1, 0.15) is 0 Å². The van der Waals surface area contributed by atoms with Gasteiger partial charge in [0, 0.05) is 44.8 Å². The van der Waals surface area contributed by atoms with E-state index in [9.17, 15) is 0 Å². The zero-order valence-electron chi connectivity index (χ0n) is 59.2. The van der Waals surface area contributed by atoms with Gasteiger partial charge in [0.05, 0.1) is 38.7 Å². The van der Waals surface area contributed by atoms with E-state index in [4.69, 9.17) is 0 Å². The minimum Gasteiger partial charge on any atom is -0.311 e. The highest BCUT2D eigenvalue weighted by molar-refractivity contribution is 7.01. The molecule has 18 aromatic rings. The molecule has 109 heavy (non-hydrogen) atoms. The number of aromatic nitrogens is 1. The van der Waals surface area contributed by atoms with Crippen LogP contribution in [-0.2, 0) is 16.2 Å². The number of anilines is 6. The van der Waals surface area contributed by atoms with Crippen molar-refractivity contribution in [3.05, 3.63) is 443 Å². The molecule has 0 fully saturated rings. The molecule has 0 radical (unpaired) electrons. The fraction of sp³-hybridized carbons (Fsp3) is 0.0286. The molecule has 0 saturated heterocycles. The summed E-state index contributed by atoms with van der Waals surface area (Å²) in [7, 11) is 0. The molecule has 500 valence electrons. The zero-order valence-corrected chi connectivity index (χ0v) is 59.2. The predicted molar refractivity (Wildman–Crippen MR) is 449 cm³/mol. The first-order valence-electron chi connectivity index (χ1n) is 38.4. The first kappa shape index (κ1) is 58.5. The molecule has 17 aromatic carbocycles. The summed E-state index contributed by atoms with van der Waals surface area (Å²) in [6.45, 7) is -0.294. The zero-order chi connectivity index (χ0) is 70.7. The van der Waals surface area contributed by atoms with Crippen LogP contribution in [0.15, 0.2) is 376 Å². The summed E-state index contributed by atoms with van der Waals surface area (Å²) in [6, 6.07) is 146. The largest absolute Gasteiger partial charge is 0.311 e. The van der Waals surface area contributed by atoms with Crippen LogP contribution in [0.4, 0.5) is 34.1 Å². The number of para-hydroxylation sites is 2. The lowest BCUT2D eigenvalue weighted by atomic mass is 9.32. The lowest BCUT2D eigenvalue weighted by Gasteiger charge is -2.46. The molecule has 1 aromatic heterocycles. The van der Waals surface area contributed by atoms with Crippen molar-refractivity contribution >= 4 is 79.0 Å². The van der Waals surface area contributed by atoms with E-state index in [1.165, 1.54) is 177 Å². The monoisotopic (exact) mass is 1380 g/mol. The summed E-state index contributed by atoms with van der Waals surface area (Å²) < 4.78 is 2.57. The normalized spacial score (nSPS) is 15.0. The van der Waals surface area contributed by atoms with Crippen LogP contribution in [0.1, 0.15) is 66.8 Å². The molecular formula is C105H62BN3. The summed E-state index contributed by atoms with van der Waals surface area (Å²) in [6.07, 6.45) is 0. The highest BCUT2D eigenvalue weighted by Gasteiger charge is 2.58. The van der Waals surface area contributed by atoms with Crippen molar-refractivity contribution in [2.24, 2.45) is 0 Å². The van der Waals surface area contributed by atoms with E-state index in [1.807, 2.05) is 0 Å². The Bertz CT molecular complexity index is 6980. The van der Waals surface area contributed by atoms with Crippen LogP contribution in [0.25, 0.3) is 105 Å². The van der Waals surface area contributed by atoms with E-state index in [2.05, 4.69) is 390 Å². The third kappa shape index (κ3) is 6.92. The van der Waals surface area contributed by atoms with Crippen LogP contribution < -0.4 is 26.2 Å². The molecule has 3 nitrogen and oxygen atoms in total. The molecule has 4 heteroatoms. The van der Waals surface area contributed by atoms with Gasteiger partial charge in [-0.3, -0.25) is 0 Å². The topological polar surface area (TPSA) is 11.4 Å². The SMILES string of the molecule is c1ccc(-c2ccc3c(c2)B2c4c(cc(-n5c6ccccc6c6ccccc65)cc4N(c4cccc5c4-c4ccccc4C54c5ccccc5-c5ccccc54)c4ccc5c(c42)-c2ccccc2C52c4ccccc4-c4ccccc42)N3c2ccc3c(c2)-c2ccccc2C32c3ccccc3-c3ccccc32)cc1. The molecule has 0 unspecified atom stereocenters. The predicted octanol–water partition coefficient (Wildman–Crippen LogP) is 23.6. The van der Waals surface area contributed by atoms with Gasteiger partial charge in [0.15, 0.2) is 0 Å². The van der Waals surface area contributed by atoms with Gasteiger partial charge in [-0.05, 0) is 210 Å². The highest BCUT2D eigenvalue weighted by atomic mass is 15.2. The number of rotatable bonds is 4. The van der Waals surface area contributed by atoms with Crippen LogP contribution in [-0.4, -0.2) is 11.3 Å². The van der Waals surface area contributed by atoms with Gasteiger partial charge in [0.2, 0.25) is 0 Å². The Kier molecular flexibility index (Phi) is 11.2. The summed E-state index contributed by atoms with van der Waals surface area (Å²) in [5, 5.41) is 2.44. The summed E-state index contributed by atoms with van der Waals surface area (Å²) >= 11 is 0. The third-order valence-corrected chi connectivity index (χ3v) is 26.6. The number of fused-ring (bicyclic) bond motifs is 38. The van der Waals surface area contributed by atoms with E-state index in [1.54, 1.807) is 0 Å². The fourth-order valence-electron chi connectivity index (χ4n) is 22.9. The molecule has 0 amide bonds. The molecule has 26 rings (SSSR count). The van der Waals surface area contributed by atoms with Crippen molar-refractivity contribution in [2.75, 3.05) is 9.80 Å². The minimum atomic E-state index is -0.612. The molecule has 3 heterocycles. The molecule has 2 aliphatic heterocycles. The number of hydrogen-bond acceptors (Lipinski definition) is 2. The number of nitrogens with zero attached hydrogens (tertiary/aromatic N) is 3. The first-order chi connectivity index (χ1) is 54.1. The summed E-state index contributed by atoms with van der Waals surface area (Å²) in [5.41, 5.74) is 46.0. The molecule has 3 spiro atoms. The van der Waals surface area contributed by atoms with Crippen LogP contribution in [0.3, 0.4) is 0 Å². The Morgan fingerprint density at radius 2 is 0.578 bits per heavy atom. The summed E-state index contributed by atoms with van der Waals surface area (Å²) in [5.74, 6) is 0. The van der Waals surface area contributed by atoms with Crippen LogP contribution in [0.2, 0.25) is 0 Å². The minimum absolute atomic E-state index is 0.294. The molecular weight excluding hydrogens is 1310 g/mol. The second-order valence-electron chi connectivity index (χ2n) is 31.0. The van der Waals surface area contributed by atoms with Gasteiger partial charge in [0.25, 0.3) is 6.71 Å². The Morgan fingerprint density at radius 1 is 0.202 bits per heavy atom. The maximum Gasteiger partial charge on any atom is 0.252 e. The molecule has 0 N–H and O–H groups in total. The highest BCUT2D eigenvalue weighted by Crippen LogP contribution is 2.69. The average molecular weight is 1380 g/mol. The van der Waals surface area contributed by atoms with Crippen molar-refractivity contribution in [3.8, 4) is 83.6 Å². The van der Waals surface area contributed by atoms with Gasteiger partial charge in [-0.1, -0.05) is 322 Å². The smallest absolute Gasteiger partial charge is 0.252 e. The maximum absolute atomic E-state index is 2.77. The molecule has 0 atom stereocenters. The van der Waals surface area contributed by atoms with E-state index in [-0.39, 0.29) is 6.71 Å². The lowest BCUT2D eigenvalue weighted by molar-refractivity contribution is 0.793. The number of benzene rings is 17. The Balaban J connectivity index is 0.833. The van der Waals surface area contributed by atoms with Crippen LogP contribution in [0, 0.1) is 0 Å². The fourth-order valence-corrected chi connectivity index (χ4v) is 22.9. The Hall–Kier alpha value is -13.8. The Labute approximate surface area is 631 Å².